The molecule has 0 saturated heterocycles. The van der Waals surface area contributed by atoms with Gasteiger partial charge in [-0.25, -0.2) is 0 Å². The van der Waals surface area contributed by atoms with E-state index >= 15 is 0 Å². The van der Waals surface area contributed by atoms with E-state index in [2.05, 4.69) is 5.16 Å². The summed E-state index contributed by atoms with van der Waals surface area (Å²) in [6.07, 6.45) is 0. The average molecular weight is 213 g/mol. The van der Waals surface area contributed by atoms with Gasteiger partial charge in [0.2, 0.25) is 0 Å². The second-order valence-electron chi connectivity index (χ2n) is 2.93. The van der Waals surface area contributed by atoms with E-state index in [-0.39, 0.29) is 0 Å². The molecule has 2 N–H and O–H groups in total. The Balaban J connectivity index is 2.42. The number of hydrogen-bond acceptors (Lipinski definition) is 3. The Hall–Kier alpha value is -1.06. The third-order valence-electron chi connectivity index (χ3n) is 1.66. The van der Waals surface area contributed by atoms with Gasteiger partial charge in [0.05, 0.1) is 5.71 Å². The highest BCUT2D eigenvalue weighted by molar-refractivity contribution is 6.30. The van der Waals surface area contributed by atoms with Crippen molar-refractivity contribution in [1.29, 1.82) is 0 Å². The van der Waals surface area contributed by atoms with E-state index in [1.54, 1.807) is 0 Å². The standard InChI is InChI=1S/C10H13ClN2O/c1-8(6-12)13-14-7-9-2-4-10(11)5-3-9/h2-5H,6-7,12H2,1H3/b13-8+. The second-order valence-corrected chi connectivity index (χ2v) is 3.37. The van der Waals surface area contributed by atoms with Crippen LogP contribution in [-0.4, -0.2) is 12.3 Å². The van der Waals surface area contributed by atoms with Gasteiger partial charge >= 0.3 is 0 Å². The van der Waals surface area contributed by atoms with Gasteiger partial charge in [-0.15, -0.1) is 0 Å². The van der Waals surface area contributed by atoms with Crippen LogP contribution in [-0.2, 0) is 11.4 Å². The maximum atomic E-state index is 5.73. The minimum Gasteiger partial charge on any atom is -0.391 e. The molecule has 0 aromatic heterocycles. The molecular weight excluding hydrogens is 200 g/mol. The van der Waals surface area contributed by atoms with Crippen LogP contribution in [0.5, 0.6) is 0 Å². The lowest BCUT2D eigenvalue weighted by molar-refractivity contribution is 0.130. The maximum Gasteiger partial charge on any atom is 0.142 e. The molecule has 14 heavy (non-hydrogen) atoms. The highest BCUT2D eigenvalue weighted by Gasteiger charge is 1.93. The monoisotopic (exact) mass is 212 g/mol. The van der Waals surface area contributed by atoms with Crippen LogP contribution < -0.4 is 5.73 Å². The number of nitrogens with zero attached hydrogens (tertiary/aromatic N) is 1. The van der Waals surface area contributed by atoms with Crippen LogP contribution in [0.25, 0.3) is 0 Å². The number of benzene rings is 1. The second kappa shape index (κ2) is 5.62. The zero-order chi connectivity index (χ0) is 10.4. The minimum absolute atomic E-state index is 0.417. The topological polar surface area (TPSA) is 47.6 Å². The maximum absolute atomic E-state index is 5.73. The van der Waals surface area contributed by atoms with Gasteiger partial charge in [-0.3, -0.25) is 0 Å². The molecule has 0 heterocycles. The van der Waals surface area contributed by atoms with E-state index in [0.717, 1.165) is 16.3 Å². The van der Waals surface area contributed by atoms with Crippen LogP contribution in [0.3, 0.4) is 0 Å². The van der Waals surface area contributed by atoms with Crippen molar-refractivity contribution in [2.45, 2.75) is 13.5 Å². The van der Waals surface area contributed by atoms with Gasteiger partial charge in [0.1, 0.15) is 6.61 Å². The van der Waals surface area contributed by atoms with Crippen LogP contribution >= 0.6 is 11.6 Å². The van der Waals surface area contributed by atoms with Crippen molar-refractivity contribution in [2.75, 3.05) is 6.54 Å². The molecule has 0 radical (unpaired) electrons. The van der Waals surface area contributed by atoms with E-state index in [9.17, 15) is 0 Å². The first-order valence-electron chi connectivity index (χ1n) is 4.32. The van der Waals surface area contributed by atoms with E-state index in [0.29, 0.717) is 13.2 Å². The van der Waals surface area contributed by atoms with E-state index in [1.165, 1.54) is 0 Å². The lowest BCUT2D eigenvalue weighted by Crippen LogP contribution is -2.09. The predicted molar refractivity (Wildman–Crippen MR) is 58.4 cm³/mol. The fourth-order valence-electron chi connectivity index (χ4n) is 0.835. The Bertz CT molecular complexity index is 308. The van der Waals surface area contributed by atoms with Crippen LogP contribution in [0.1, 0.15) is 12.5 Å². The summed E-state index contributed by atoms with van der Waals surface area (Å²) in [4.78, 5) is 5.08. The number of hydrogen-bond donors (Lipinski definition) is 1. The van der Waals surface area contributed by atoms with Crippen molar-refractivity contribution in [3.63, 3.8) is 0 Å². The molecule has 0 atom stereocenters. The summed E-state index contributed by atoms with van der Waals surface area (Å²) in [7, 11) is 0. The SMILES string of the molecule is C/C(CN)=N\OCc1ccc(Cl)cc1. The van der Waals surface area contributed by atoms with E-state index in [4.69, 9.17) is 22.2 Å². The fourth-order valence-corrected chi connectivity index (χ4v) is 0.961. The first kappa shape index (κ1) is 11.0. The van der Waals surface area contributed by atoms with Gasteiger partial charge in [0.25, 0.3) is 0 Å². The number of oxime groups is 1. The number of halogens is 1. The highest BCUT2D eigenvalue weighted by Crippen LogP contribution is 2.10. The van der Waals surface area contributed by atoms with Crippen LogP contribution in [0.15, 0.2) is 29.4 Å². The van der Waals surface area contributed by atoms with Gasteiger partial charge in [-0.1, -0.05) is 28.9 Å². The number of nitrogens with two attached hydrogens (primary N) is 1. The van der Waals surface area contributed by atoms with Gasteiger partial charge in [-0.2, -0.15) is 0 Å². The summed E-state index contributed by atoms with van der Waals surface area (Å²) >= 11 is 5.73. The normalized spacial score (nSPS) is 11.5. The first-order valence-corrected chi connectivity index (χ1v) is 4.70. The van der Waals surface area contributed by atoms with Crippen LogP contribution in [0.4, 0.5) is 0 Å². The molecule has 3 nitrogen and oxygen atoms in total. The Morgan fingerprint density at radius 1 is 1.43 bits per heavy atom. The zero-order valence-electron chi connectivity index (χ0n) is 8.03. The minimum atomic E-state index is 0.417. The molecule has 1 rings (SSSR count). The molecule has 0 bridgehead atoms. The van der Waals surface area contributed by atoms with Gasteiger partial charge < -0.3 is 10.6 Å². The van der Waals surface area contributed by atoms with Gasteiger partial charge in [-0.05, 0) is 24.6 Å². The molecule has 0 saturated carbocycles. The Morgan fingerprint density at radius 2 is 2.07 bits per heavy atom. The third-order valence-corrected chi connectivity index (χ3v) is 1.91. The van der Waals surface area contributed by atoms with E-state index < -0.39 is 0 Å². The molecule has 0 spiro atoms. The van der Waals surface area contributed by atoms with Crippen molar-refractivity contribution in [2.24, 2.45) is 10.9 Å². The van der Waals surface area contributed by atoms with E-state index in [1.807, 2.05) is 31.2 Å². The van der Waals surface area contributed by atoms with Crippen molar-refractivity contribution < 1.29 is 4.84 Å². The summed E-state index contributed by atoms with van der Waals surface area (Å²) in [5.41, 5.74) is 7.15. The van der Waals surface area contributed by atoms with Crippen molar-refractivity contribution in [3.8, 4) is 0 Å². The molecule has 1 aromatic carbocycles. The summed E-state index contributed by atoms with van der Waals surface area (Å²) in [6, 6.07) is 7.44. The smallest absolute Gasteiger partial charge is 0.142 e. The molecule has 76 valence electrons. The van der Waals surface area contributed by atoms with Crippen LogP contribution in [0, 0.1) is 0 Å². The molecule has 1 aromatic rings. The van der Waals surface area contributed by atoms with Gasteiger partial charge in [0.15, 0.2) is 0 Å². The lowest BCUT2D eigenvalue weighted by atomic mass is 10.2. The summed E-state index contributed by atoms with van der Waals surface area (Å²) in [5.74, 6) is 0. The molecule has 0 amide bonds. The van der Waals surface area contributed by atoms with Crippen molar-refractivity contribution >= 4 is 17.3 Å². The molecule has 0 aliphatic heterocycles. The number of rotatable bonds is 4. The van der Waals surface area contributed by atoms with Crippen molar-refractivity contribution in [1.82, 2.24) is 0 Å². The summed E-state index contributed by atoms with van der Waals surface area (Å²) < 4.78 is 0. The largest absolute Gasteiger partial charge is 0.391 e. The van der Waals surface area contributed by atoms with Gasteiger partial charge in [0, 0.05) is 11.6 Å². The highest BCUT2D eigenvalue weighted by atomic mass is 35.5. The van der Waals surface area contributed by atoms with Crippen LogP contribution in [0.2, 0.25) is 5.02 Å². The first-order chi connectivity index (χ1) is 6.72. The van der Waals surface area contributed by atoms with Crippen molar-refractivity contribution in [3.05, 3.63) is 34.9 Å². The molecule has 0 unspecified atom stereocenters. The third kappa shape index (κ3) is 3.77. The zero-order valence-corrected chi connectivity index (χ0v) is 8.79. The lowest BCUT2D eigenvalue weighted by Gasteiger charge is -2.00. The predicted octanol–water partition coefficient (Wildman–Crippen LogP) is 2.19. The molecule has 4 heteroatoms. The molecule has 0 aliphatic rings. The summed E-state index contributed by atoms with van der Waals surface area (Å²) in [6.45, 7) is 2.68. The summed E-state index contributed by atoms with van der Waals surface area (Å²) in [5, 5.41) is 4.54. The Labute approximate surface area is 88.5 Å². The fraction of sp³-hybridized carbons (Fsp3) is 0.300. The molecule has 0 aliphatic carbocycles. The average Bonchev–Trinajstić information content (AvgIpc) is 2.21. The quantitative estimate of drug-likeness (QED) is 0.615. The molecular formula is C10H13ClN2O. The Morgan fingerprint density at radius 3 is 2.64 bits per heavy atom. The molecule has 0 fully saturated rings. The Kier molecular flexibility index (Phi) is 4.43.